The molecule has 0 aliphatic carbocycles. The van der Waals surface area contributed by atoms with Gasteiger partial charge in [0.1, 0.15) is 0 Å². The molecule has 1 saturated heterocycles. The number of nitrogens with one attached hydrogen (secondary N) is 2. The van der Waals surface area contributed by atoms with Crippen LogP contribution in [0, 0.1) is 0 Å². The Hall–Kier alpha value is -0.610. The van der Waals surface area contributed by atoms with Crippen molar-refractivity contribution in [1.82, 2.24) is 15.5 Å². The maximum absolute atomic E-state index is 11.4. The van der Waals surface area contributed by atoms with Crippen molar-refractivity contribution < 1.29 is 4.79 Å². The summed E-state index contributed by atoms with van der Waals surface area (Å²) in [5.41, 5.74) is 0. The second-order valence-corrected chi connectivity index (χ2v) is 4.96. The maximum Gasteiger partial charge on any atom is 0.234 e. The molecule has 1 rings (SSSR count). The summed E-state index contributed by atoms with van der Waals surface area (Å²) >= 11 is 0. The molecule has 0 saturated carbocycles. The molecule has 0 aromatic carbocycles. The highest BCUT2D eigenvalue weighted by atomic mass is 16.1. The Labute approximate surface area is 105 Å². The Bertz CT molecular complexity index is 215. The van der Waals surface area contributed by atoms with E-state index in [0.29, 0.717) is 6.54 Å². The van der Waals surface area contributed by atoms with E-state index in [2.05, 4.69) is 22.5 Å². The van der Waals surface area contributed by atoms with E-state index < -0.39 is 0 Å². The Morgan fingerprint density at radius 3 is 2.71 bits per heavy atom. The molecule has 0 radical (unpaired) electrons. The Morgan fingerprint density at radius 1 is 1.35 bits per heavy atom. The highest BCUT2D eigenvalue weighted by Gasteiger charge is 2.10. The van der Waals surface area contributed by atoms with Crippen LogP contribution in [0.5, 0.6) is 0 Å². The van der Waals surface area contributed by atoms with Crippen LogP contribution in [0.1, 0.15) is 39.5 Å². The lowest BCUT2D eigenvalue weighted by molar-refractivity contribution is -0.120. The van der Waals surface area contributed by atoms with Gasteiger partial charge in [0, 0.05) is 6.04 Å². The molecular weight excluding hydrogens is 214 g/mol. The van der Waals surface area contributed by atoms with Gasteiger partial charge >= 0.3 is 0 Å². The van der Waals surface area contributed by atoms with Gasteiger partial charge in [-0.25, -0.2) is 0 Å². The number of likely N-dealkylation sites (tertiary alicyclic amines) is 1. The average molecular weight is 241 g/mol. The maximum atomic E-state index is 11.4. The molecule has 0 aromatic heterocycles. The lowest BCUT2D eigenvalue weighted by Gasteiger charge is -2.15. The molecule has 1 heterocycles. The van der Waals surface area contributed by atoms with E-state index in [-0.39, 0.29) is 11.9 Å². The van der Waals surface area contributed by atoms with Gasteiger partial charge in [-0.3, -0.25) is 4.79 Å². The standard InChI is InChI=1S/C13H27N3O/c1-3-12(2)15-13(17)11-14-7-6-10-16-8-4-5-9-16/h12,14H,3-11H2,1-2H3,(H,15,17). The summed E-state index contributed by atoms with van der Waals surface area (Å²) in [6, 6.07) is 0.286. The number of rotatable bonds is 8. The number of hydrogen-bond donors (Lipinski definition) is 2. The van der Waals surface area contributed by atoms with Crippen LogP contribution in [0.4, 0.5) is 0 Å². The summed E-state index contributed by atoms with van der Waals surface area (Å²) < 4.78 is 0. The Kier molecular flexibility index (Phi) is 7.21. The van der Waals surface area contributed by atoms with Crippen molar-refractivity contribution >= 4 is 5.91 Å². The second-order valence-electron chi connectivity index (χ2n) is 4.96. The molecule has 1 aliphatic heterocycles. The minimum Gasteiger partial charge on any atom is -0.353 e. The zero-order chi connectivity index (χ0) is 12.5. The monoisotopic (exact) mass is 241 g/mol. The fourth-order valence-electron chi connectivity index (χ4n) is 2.06. The average Bonchev–Trinajstić information content (AvgIpc) is 2.81. The molecule has 0 spiro atoms. The number of amides is 1. The Balaban J connectivity index is 1.90. The van der Waals surface area contributed by atoms with Crippen molar-refractivity contribution in [3.63, 3.8) is 0 Å². The topological polar surface area (TPSA) is 44.4 Å². The van der Waals surface area contributed by atoms with E-state index >= 15 is 0 Å². The van der Waals surface area contributed by atoms with Crippen LogP contribution in [0.2, 0.25) is 0 Å². The minimum atomic E-state index is 0.112. The van der Waals surface area contributed by atoms with E-state index in [1.807, 2.05) is 6.92 Å². The van der Waals surface area contributed by atoms with Crippen molar-refractivity contribution in [2.75, 3.05) is 32.7 Å². The van der Waals surface area contributed by atoms with Gasteiger partial charge in [-0.2, -0.15) is 0 Å². The number of carbonyl (C=O) groups excluding carboxylic acids is 1. The summed E-state index contributed by atoms with van der Waals surface area (Å²) in [5, 5.41) is 6.15. The number of carbonyl (C=O) groups is 1. The molecule has 1 unspecified atom stereocenters. The van der Waals surface area contributed by atoms with Gasteiger partial charge in [-0.05, 0) is 58.8 Å². The van der Waals surface area contributed by atoms with Crippen molar-refractivity contribution in [2.24, 2.45) is 0 Å². The van der Waals surface area contributed by atoms with Crippen LogP contribution >= 0.6 is 0 Å². The molecule has 1 aliphatic rings. The summed E-state index contributed by atoms with van der Waals surface area (Å²) in [6.07, 6.45) is 4.83. The summed E-state index contributed by atoms with van der Waals surface area (Å²) in [6.45, 7) is 9.18. The molecule has 2 N–H and O–H groups in total. The van der Waals surface area contributed by atoms with Crippen LogP contribution in [0.25, 0.3) is 0 Å². The van der Waals surface area contributed by atoms with Crippen molar-refractivity contribution in [3.8, 4) is 0 Å². The molecular formula is C13H27N3O. The quantitative estimate of drug-likeness (QED) is 0.623. The first-order valence-corrected chi connectivity index (χ1v) is 6.94. The first kappa shape index (κ1) is 14.5. The first-order chi connectivity index (χ1) is 8.22. The normalized spacial score (nSPS) is 18.2. The second kappa shape index (κ2) is 8.48. The van der Waals surface area contributed by atoms with Crippen molar-refractivity contribution in [2.45, 2.75) is 45.6 Å². The van der Waals surface area contributed by atoms with Crippen LogP contribution in [0.15, 0.2) is 0 Å². The predicted molar refractivity (Wildman–Crippen MR) is 71.1 cm³/mol. The fourth-order valence-corrected chi connectivity index (χ4v) is 2.06. The highest BCUT2D eigenvalue weighted by Crippen LogP contribution is 2.06. The third kappa shape index (κ3) is 6.64. The molecule has 1 atom stereocenters. The van der Waals surface area contributed by atoms with Gasteiger partial charge in [-0.1, -0.05) is 6.92 Å². The van der Waals surface area contributed by atoms with Crippen molar-refractivity contribution in [3.05, 3.63) is 0 Å². The molecule has 4 nitrogen and oxygen atoms in total. The highest BCUT2D eigenvalue weighted by molar-refractivity contribution is 5.78. The van der Waals surface area contributed by atoms with E-state index in [1.54, 1.807) is 0 Å². The predicted octanol–water partition coefficient (Wildman–Crippen LogP) is 0.977. The van der Waals surface area contributed by atoms with E-state index in [1.165, 1.54) is 32.5 Å². The zero-order valence-electron chi connectivity index (χ0n) is 11.3. The molecule has 100 valence electrons. The lowest BCUT2D eigenvalue weighted by Crippen LogP contribution is -2.39. The van der Waals surface area contributed by atoms with Gasteiger partial charge in [0.05, 0.1) is 6.54 Å². The first-order valence-electron chi connectivity index (χ1n) is 6.94. The van der Waals surface area contributed by atoms with Crippen molar-refractivity contribution in [1.29, 1.82) is 0 Å². The molecule has 0 aromatic rings. The molecule has 1 fully saturated rings. The summed E-state index contributed by atoms with van der Waals surface area (Å²) in [7, 11) is 0. The number of hydrogen-bond acceptors (Lipinski definition) is 3. The van der Waals surface area contributed by atoms with Crippen LogP contribution in [-0.2, 0) is 4.79 Å². The third-order valence-corrected chi connectivity index (χ3v) is 3.33. The molecule has 4 heteroatoms. The third-order valence-electron chi connectivity index (χ3n) is 3.33. The van der Waals surface area contributed by atoms with Gasteiger partial charge in [0.25, 0.3) is 0 Å². The van der Waals surface area contributed by atoms with Gasteiger partial charge in [-0.15, -0.1) is 0 Å². The summed E-state index contributed by atoms with van der Waals surface area (Å²) in [4.78, 5) is 13.9. The fraction of sp³-hybridized carbons (Fsp3) is 0.923. The lowest BCUT2D eigenvalue weighted by atomic mass is 10.2. The number of nitrogens with zero attached hydrogens (tertiary/aromatic N) is 1. The van der Waals surface area contributed by atoms with E-state index in [4.69, 9.17) is 0 Å². The SMILES string of the molecule is CCC(C)NC(=O)CNCCCN1CCCC1. The molecule has 0 bridgehead atoms. The van der Waals surface area contributed by atoms with E-state index in [0.717, 1.165) is 19.4 Å². The molecule has 17 heavy (non-hydrogen) atoms. The Morgan fingerprint density at radius 2 is 2.06 bits per heavy atom. The van der Waals surface area contributed by atoms with Gasteiger partial charge in [0.15, 0.2) is 0 Å². The van der Waals surface area contributed by atoms with Crippen LogP contribution in [0.3, 0.4) is 0 Å². The summed E-state index contributed by atoms with van der Waals surface area (Å²) in [5.74, 6) is 0.112. The smallest absolute Gasteiger partial charge is 0.234 e. The zero-order valence-corrected chi connectivity index (χ0v) is 11.3. The van der Waals surface area contributed by atoms with Gasteiger partial charge in [0.2, 0.25) is 5.91 Å². The van der Waals surface area contributed by atoms with Crippen LogP contribution in [-0.4, -0.2) is 49.6 Å². The van der Waals surface area contributed by atoms with Gasteiger partial charge < -0.3 is 15.5 Å². The van der Waals surface area contributed by atoms with E-state index in [9.17, 15) is 4.79 Å². The molecule has 1 amide bonds. The van der Waals surface area contributed by atoms with Crippen LogP contribution < -0.4 is 10.6 Å². The largest absolute Gasteiger partial charge is 0.353 e. The minimum absolute atomic E-state index is 0.112.